The maximum atomic E-state index is 14.4. The largest absolute Gasteiger partial charge is 0.390 e. The van der Waals surface area contributed by atoms with E-state index in [9.17, 15) is 14.6 Å². The predicted molar refractivity (Wildman–Crippen MR) is 98.4 cm³/mol. The van der Waals surface area contributed by atoms with Crippen molar-refractivity contribution in [3.05, 3.63) is 35.5 Å². The number of nitrogens with two attached hydrogens (primary N) is 1. The van der Waals surface area contributed by atoms with Crippen molar-refractivity contribution in [3.8, 4) is 11.4 Å². The third kappa shape index (κ3) is 3.23. The Bertz CT molecular complexity index is 983. The van der Waals surface area contributed by atoms with E-state index >= 15 is 0 Å². The highest BCUT2D eigenvalue weighted by atomic mass is 35.5. The summed E-state index contributed by atoms with van der Waals surface area (Å²) in [6.45, 7) is 0. The van der Waals surface area contributed by atoms with Crippen LogP contribution in [0.2, 0.25) is 5.02 Å². The molecule has 10 heteroatoms. The van der Waals surface area contributed by atoms with Crippen LogP contribution in [0.5, 0.6) is 0 Å². The molecular formula is C17H18ClFN6O2. The Morgan fingerprint density at radius 2 is 2.07 bits per heavy atom. The molecule has 1 fully saturated rings. The number of aromatic amines is 1. The van der Waals surface area contributed by atoms with Crippen molar-refractivity contribution in [2.45, 2.75) is 37.5 Å². The smallest absolute Gasteiger partial charge is 0.185 e. The van der Waals surface area contributed by atoms with Gasteiger partial charge in [0.25, 0.3) is 0 Å². The van der Waals surface area contributed by atoms with Crippen molar-refractivity contribution in [2.24, 2.45) is 5.84 Å². The fourth-order valence-corrected chi connectivity index (χ4v) is 3.58. The average Bonchev–Trinajstić information content (AvgIpc) is 3.07. The number of rotatable bonds is 3. The van der Waals surface area contributed by atoms with Crippen LogP contribution in [-0.4, -0.2) is 48.4 Å². The number of nitrogens with zero attached hydrogens (tertiary/aromatic N) is 4. The third-order valence-corrected chi connectivity index (χ3v) is 5.06. The lowest BCUT2D eigenvalue weighted by Gasteiger charge is -2.37. The number of aromatic nitrogens is 4. The third-order valence-electron chi connectivity index (χ3n) is 4.85. The van der Waals surface area contributed by atoms with E-state index in [1.54, 1.807) is 12.3 Å². The van der Waals surface area contributed by atoms with Crippen LogP contribution < -0.4 is 10.9 Å². The Labute approximate surface area is 158 Å². The lowest BCUT2D eigenvalue weighted by Crippen LogP contribution is -2.55. The number of fused-ring (bicyclic) bond motifs is 1. The number of hydrogen-bond acceptors (Lipinski definition) is 7. The van der Waals surface area contributed by atoms with Gasteiger partial charge in [-0.2, -0.15) is 0 Å². The second-order valence-electron chi connectivity index (χ2n) is 6.58. The van der Waals surface area contributed by atoms with Crippen LogP contribution in [0.25, 0.3) is 22.4 Å². The van der Waals surface area contributed by atoms with Gasteiger partial charge in [-0.15, -0.1) is 0 Å². The summed E-state index contributed by atoms with van der Waals surface area (Å²) in [6.07, 6.45) is 3.87. The molecule has 0 bridgehead atoms. The van der Waals surface area contributed by atoms with E-state index in [1.165, 1.54) is 6.20 Å². The molecule has 1 aliphatic carbocycles. The van der Waals surface area contributed by atoms with Crippen molar-refractivity contribution in [3.63, 3.8) is 0 Å². The molecule has 3 heterocycles. The monoisotopic (exact) mass is 392 g/mol. The molecule has 142 valence electrons. The number of H-pyrrole nitrogens is 1. The van der Waals surface area contributed by atoms with Crippen molar-refractivity contribution in [1.29, 1.82) is 0 Å². The molecule has 0 saturated heterocycles. The van der Waals surface area contributed by atoms with E-state index in [2.05, 4.69) is 19.9 Å². The highest BCUT2D eigenvalue weighted by Gasteiger charge is 2.35. The van der Waals surface area contributed by atoms with Gasteiger partial charge < -0.3 is 15.2 Å². The van der Waals surface area contributed by atoms with E-state index in [-0.39, 0.29) is 11.6 Å². The second-order valence-corrected chi connectivity index (χ2v) is 7.02. The zero-order valence-electron chi connectivity index (χ0n) is 14.2. The molecule has 27 heavy (non-hydrogen) atoms. The van der Waals surface area contributed by atoms with Gasteiger partial charge in [0, 0.05) is 23.3 Å². The SMILES string of the molecule is NN(c1nc(-c2c[nH]c3ncc(Cl)cc23)ncc1F)[C@H]1CCC[C@@H](O)[C@H]1O. The van der Waals surface area contributed by atoms with E-state index in [0.29, 0.717) is 40.9 Å². The number of anilines is 1. The van der Waals surface area contributed by atoms with Gasteiger partial charge in [-0.25, -0.2) is 25.2 Å². The molecular weight excluding hydrogens is 375 g/mol. The van der Waals surface area contributed by atoms with Crippen LogP contribution >= 0.6 is 11.6 Å². The minimum atomic E-state index is -1.09. The number of hydrazine groups is 1. The molecule has 3 atom stereocenters. The van der Waals surface area contributed by atoms with Gasteiger partial charge in [0.15, 0.2) is 17.5 Å². The fourth-order valence-electron chi connectivity index (χ4n) is 3.43. The summed E-state index contributed by atoms with van der Waals surface area (Å²) in [4.78, 5) is 15.5. The molecule has 0 spiro atoms. The summed E-state index contributed by atoms with van der Waals surface area (Å²) in [6, 6.07) is 1.06. The van der Waals surface area contributed by atoms with Crippen LogP contribution in [0.15, 0.2) is 24.7 Å². The first-order valence-corrected chi connectivity index (χ1v) is 8.89. The molecule has 0 aromatic carbocycles. The number of hydrogen-bond donors (Lipinski definition) is 4. The Hall–Kier alpha value is -2.33. The average molecular weight is 393 g/mol. The molecule has 0 amide bonds. The Morgan fingerprint density at radius 1 is 1.26 bits per heavy atom. The lowest BCUT2D eigenvalue weighted by atomic mass is 9.89. The first kappa shape index (κ1) is 18.1. The zero-order chi connectivity index (χ0) is 19.1. The lowest BCUT2D eigenvalue weighted by molar-refractivity contribution is -0.0228. The number of aliphatic hydroxyl groups is 2. The van der Waals surface area contributed by atoms with Crippen molar-refractivity contribution in [2.75, 3.05) is 5.01 Å². The second kappa shape index (κ2) is 7.01. The molecule has 4 rings (SSSR count). The summed E-state index contributed by atoms with van der Waals surface area (Å²) in [7, 11) is 0. The number of pyridine rings is 1. The van der Waals surface area contributed by atoms with Gasteiger partial charge in [-0.05, 0) is 25.3 Å². The number of halogens is 2. The summed E-state index contributed by atoms with van der Waals surface area (Å²) in [5, 5.41) is 22.3. The standard InChI is InChI=1S/C17H18ClFN6O2/c18-8-4-9-10(6-22-15(9)21-5-8)16-23-7-11(19)17(24-16)25(20)12-2-1-3-13(26)14(12)27/h4-7,12-14,26-27H,1-3,20H2,(H,21,22)/t12-,13+,14-/m0/s1. The molecule has 5 N–H and O–H groups in total. The molecule has 1 saturated carbocycles. The van der Waals surface area contributed by atoms with E-state index in [0.717, 1.165) is 11.2 Å². The van der Waals surface area contributed by atoms with E-state index < -0.39 is 24.1 Å². The Morgan fingerprint density at radius 3 is 2.89 bits per heavy atom. The van der Waals surface area contributed by atoms with Crippen molar-refractivity contribution < 1.29 is 14.6 Å². The molecule has 0 unspecified atom stereocenters. The quantitative estimate of drug-likeness (QED) is 0.395. The Kier molecular flexibility index (Phi) is 4.68. The number of aliphatic hydroxyl groups excluding tert-OH is 2. The summed E-state index contributed by atoms with van der Waals surface area (Å²) < 4.78 is 14.4. The molecule has 0 radical (unpaired) electrons. The topological polar surface area (TPSA) is 124 Å². The maximum Gasteiger partial charge on any atom is 0.185 e. The highest BCUT2D eigenvalue weighted by molar-refractivity contribution is 6.31. The van der Waals surface area contributed by atoms with Gasteiger partial charge in [0.1, 0.15) is 11.8 Å². The first-order valence-electron chi connectivity index (χ1n) is 8.51. The van der Waals surface area contributed by atoms with Gasteiger partial charge in [0.2, 0.25) is 0 Å². The van der Waals surface area contributed by atoms with Gasteiger partial charge in [-0.3, -0.25) is 5.01 Å². The van der Waals surface area contributed by atoms with Crippen LogP contribution in [0.4, 0.5) is 10.2 Å². The highest BCUT2D eigenvalue weighted by Crippen LogP contribution is 2.30. The van der Waals surface area contributed by atoms with Gasteiger partial charge in [0.05, 0.1) is 23.4 Å². The minimum absolute atomic E-state index is 0.150. The predicted octanol–water partition coefficient (Wildman–Crippen LogP) is 1.77. The normalized spacial score (nSPS) is 22.9. The van der Waals surface area contributed by atoms with Gasteiger partial charge in [-0.1, -0.05) is 11.6 Å². The van der Waals surface area contributed by atoms with Crippen LogP contribution in [-0.2, 0) is 0 Å². The Balaban J connectivity index is 1.74. The minimum Gasteiger partial charge on any atom is -0.390 e. The molecule has 3 aromatic heterocycles. The first-order chi connectivity index (χ1) is 13.0. The van der Waals surface area contributed by atoms with Crippen LogP contribution in [0.3, 0.4) is 0 Å². The summed E-state index contributed by atoms with van der Waals surface area (Å²) in [5.74, 6) is 5.44. The van der Waals surface area contributed by atoms with Crippen molar-refractivity contribution in [1.82, 2.24) is 19.9 Å². The fraction of sp³-hybridized carbons (Fsp3) is 0.353. The van der Waals surface area contributed by atoms with Crippen LogP contribution in [0.1, 0.15) is 19.3 Å². The van der Waals surface area contributed by atoms with Gasteiger partial charge >= 0.3 is 0 Å². The maximum absolute atomic E-state index is 14.4. The summed E-state index contributed by atoms with van der Waals surface area (Å²) in [5.41, 5.74) is 1.19. The molecule has 3 aromatic rings. The summed E-state index contributed by atoms with van der Waals surface area (Å²) >= 11 is 6.02. The van der Waals surface area contributed by atoms with Crippen molar-refractivity contribution >= 4 is 28.5 Å². The molecule has 8 nitrogen and oxygen atoms in total. The molecule has 1 aliphatic rings. The van der Waals surface area contributed by atoms with E-state index in [4.69, 9.17) is 17.4 Å². The zero-order valence-corrected chi connectivity index (χ0v) is 14.9. The van der Waals surface area contributed by atoms with E-state index in [1.807, 2.05) is 0 Å². The molecule has 0 aliphatic heterocycles. The number of nitrogens with one attached hydrogen (secondary N) is 1. The van der Waals surface area contributed by atoms with Crippen LogP contribution in [0, 0.1) is 5.82 Å².